The van der Waals surface area contributed by atoms with Gasteiger partial charge in [-0.3, -0.25) is 0 Å². The zero-order valence-electron chi connectivity index (χ0n) is 11.0. The molecule has 2 N–H and O–H groups in total. The molecule has 0 aliphatic heterocycles. The van der Waals surface area contributed by atoms with E-state index in [0.717, 1.165) is 20.1 Å². The third kappa shape index (κ3) is 2.34. The first-order valence-corrected chi connectivity index (χ1v) is 8.16. The van der Waals surface area contributed by atoms with Crippen LogP contribution in [0.5, 0.6) is 0 Å². The summed E-state index contributed by atoms with van der Waals surface area (Å²) in [7, 11) is 0. The predicted molar refractivity (Wildman–Crippen MR) is 89.9 cm³/mol. The molecule has 4 rings (SSSR count). The van der Waals surface area contributed by atoms with Gasteiger partial charge in [0.2, 0.25) is 5.95 Å². The highest BCUT2D eigenvalue weighted by Gasteiger charge is 2.09. The van der Waals surface area contributed by atoms with E-state index >= 15 is 0 Å². The van der Waals surface area contributed by atoms with Crippen molar-refractivity contribution in [2.75, 3.05) is 5.73 Å². The Kier molecular flexibility index (Phi) is 3.02. The Labute approximate surface area is 129 Å². The highest BCUT2D eigenvalue weighted by Crippen LogP contribution is 2.35. The quantitative estimate of drug-likeness (QED) is 0.551. The maximum Gasteiger partial charge on any atom is 0.222 e. The number of anilines is 1. The highest BCUT2D eigenvalue weighted by molar-refractivity contribution is 7.99. The Balaban J connectivity index is 1.80. The molecule has 0 radical (unpaired) electrons. The molecule has 2 heterocycles. The van der Waals surface area contributed by atoms with Crippen LogP contribution in [0.3, 0.4) is 0 Å². The molecule has 0 spiro atoms. The molecule has 0 amide bonds. The van der Waals surface area contributed by atoms with Gasteiger partial charge < -0.3 is 5.73 Å². The van der Waals surface area contributed by atoms with Gasteiger partial charge >= 0.3 is 0 Å². The molecular formula is C16H11N3S2. The monoisotopic (exact) mass is 309 g/mol. The van der Waals surface area contributed by atoms with Gasteiger partial charge in [-0.05, 0) is 34.4 Å². The van der Waals surface area contributed by atoms with Gasteiger partial charge in [-0.1, -0.05) is 42.1 Å². The molecule has 102 valence electrons. The number of nitrogen functional groups attached to an aromatic ring is 1. The Morgan fingerprint density at radius 1 is 0.952 bits per heavy atom. The zero-order valence-corrected chi connectivity index (χ0v) is 12.6. The Morgan fingerprint density at radius 2 is 1.81 bits per heavy atom. The van der Waals surface area contributed by atoms with E-state index in [0.29, 0.717) is 5.95 Å². The average Bonchev–Trinajstić information content (AvgIpc) is 2.95. The Morgan fingerprint density at radius 3 is 2.71 bits per heavy atom. The maximum atomic E-state index is 5.80. The lowest BCUT2D eigenvalue weighted by Gasteiger charge is -2.05. The van der Waals surface area contributed by atoms with Crippen LogP contribution in [0.4, 0.5) is 5.95 Å². The van der Waals surface area contributed by atoms with Crippen LogP contribution in [-0.4, -0.2) is 9.97 Å². The van der Waals surface area contributed by atoms with E-state index in [2.05, 4.69) is 52.4 Å². The fourth-order valence-electron chi connectivity index (χ4n) is 2.26. The van der Waals surface area contributed by atoms with Gasteiger partial charge in [-0.2, -0.15) is 0 Å². The van der Waals surface area contributed by atoms with E-state index in [1.165, 1.54) is 10.8 Å². The molecule has 0 atom stereocenters. The average molecular weight is 309 g/mol. The minimum Gasteiger partial charge on any atom is -0.368 e. The molecule has 0 aliphatic carbocycles. The van der Waals surface area contributed by atoms with E-state index < -0.39 is 0 Å². The van der Waals surface area contributed by atoms with Crippen LogP contribution in [-0.2, 0) is 0 Å². The van der Waals surface area contributed by atoms with Crippen molar-refractivity contribution in [3.05, 3.63) is 53.9 Å². The number of fused-ring (bicyclic) bond motifs is 2. The lowest BCUT2D eigenvalue weighted by atomic mass is 10.1. The van der Waals surface area contributed by atoms with Gasteiger partial charge in [0.05, 0.1) is 0 Å². The molecule has 0 saturated heterocycles. The second-order valence-electron chi connectivity index (χ2n) is 4.64. The van der Waals surface area contributed by atoms with Crippen LogP contribution in [0.15, 0.2) is 63.8 Å². The molecule has 3 nitrogen and oxygen atoms in total. The summed E-state index contributed by atoms with van der Waals surface area (Å²) in [5.41, 5.74) is 5.80. The van der Waals surface area contributed by atoms with E-state index in [9.17, 15) is 0 Å². The van der Waals surface area contributed by atoms with E-state index in [1.54, 1.807) is 23.1 Å². The molecule has 0 unspecified atom stereocenters. The molecule has 2 aromatic carbocycles. The van der Waals surface area contributed by atoms with Crippen molar-refractivity contribution in [3.8, 4) is 0 Å². The van der Waals surface area contributed by atoms with Crippen LogP contribution < -0.4 is 5.73 Å². The molecule has 0 saturated carbocycles. The van der Waals surface area contributed by atoms with Crippen molar-refractivity contribution in [2.45, 2.75) is 9.92 Å². The summed E-state index contributed by atoms with van der Waals surface area (Å²) >= 11 is 3.21. The fourth-order valence-corrected chi connectivity index (χ4v) is 4.06. The minimum atomic E-state index is 0.327. The first kappa shape index (κ1) is 12.6. The topological polar surface area (TPSA) is 51.8 Å². The third-order valence-corrected chi connectivity index (χ3v) is 5.04. The number of nitrogens with two attached hydrogens (primary N) is 1. The zero-order chi connectivity index (χ0) is 14.2. The number of hydrogen-bond donors (Lipinski definition) is 1. The molecule has 21 heavy (non-hydrogen) atoms. The number of thiophene rings is 1. The SMILES string of the molecule is Nc1nc(Sc2ccc3ccccc3c2)c2ccsc2n1. The number of hydrogen-bond acceptors (Lipinski definition) is 5. The molecule has 4 aromatic rings. The lowest BCUT2D eigenvalue weighted by Crippen LogP contribution is -1.95. The van der Waals surface area contributed by atoms with Gasteiger partial charge in [0.15, 0.2) is 0 Å². The number of rotatable bonds is 2. The molecule has 2 aromatic heterocycles. The minimum absolute atomic E-state index is 0.327. The normalized spacial score (nSPS) is 11.2. The van der Waals surface area contributed by atoms with E-state index in [-0.39, 0.29) is 0 Å². The molecule has 5 heteroatoms. The first-order chi connectivity index (χ1) is 10.3. The van der Waals surface area contributed by atoms with Gasteiger partial charge in [0, 0.05) is 10.3 Å². The summed E-state index contributed by atoms with van der Waals surface area (Å²) in [4.78, 5) is 10.7. The van der Waals surface area contributed by atoms with Crippen LogP contribution in [0.1, 0.15) is 0 Å². The van der Waals surface area contributed by atoms with Crippen molar-refractivity contribution in [1.29, 1.82) is 0 Å². The van der Waals surface area contributed by atoms with Crippen LogP contribution in [0, 0.1) is 0 Å². The summed E-state index contributed by atoms with van der Waals surface area (Å²) in [5, 5.41) is 6.46. The summed E-state index contributed by atoms with van der Waals surface area (Å²) < 4.78 is 0. The number of nitrogens with zero attached hydrogens (tertiary/aromatic N) is 2. The summed E-state index contributed by atoms with van der Waals surface area (Å²) in [5.74, 6) is 0.327. The molecule has 0 bridgehead atoms. The fraction of sp³-hybridized carbons (Fsp3) is 0. The van der Waals surface area contributed by atoms with Crippen molar-refractivity contribution in [1.82, 2.24) is 9.97 Å². The van der Waals surface area contributed by atoms with Gasteiger partial charge in [0.25, 0.3) is 0 Å². The Hall–Kier alpha value is -2.11. The van der Waals surface area contributed by atoms with Crippen LogP contribution >= 0.6 is 23.1 Å². The van der Waals surface area contributed by atoms with Gasteiger partial charge in [0.1, 0.15) is 9.86 Å². The molecular weight excluding hydrogens is 298 g/mol. The Bertz CT molecular complexity index is 946. The van der Waals surface area contributed by atoms with Crippen LogP contribution in [0.25, 0.3) is 21.0 Å². The van der Waals surface area contributed by atoms with Crippen molar-refractivity contribution >= 4 is 50.0 Å². The van der Waals surface area contributed by atoms with Crippen molar-refractivity contribution in [2.24, 2.45) is 0 Å². The van der Waals surface area contributed by atoms with Gasteiger partial charge in [-0.25, -0.2) is 9.97 Å². The smallest absolute Gasteiger partial charge is 0.222 e. The lowest BCUT2D eigenvalue weighted by molar-refractivity contribution is 1.12. The van der Waals surface area contributed by atoms with Crippen LogP contribution in [0.2, 0.25) is 0 Å². The highest BCUT2D eigenvalue weighted by atomic mass is 32.2. The van der Waals surface area contributed by atoms with Gasteiger partial charge in [-0.15, -0.1) is 11.3 Å². The number of benzene rings is 2. The second-order valence-corrected chi connectivity index (χ2v) is 6.59. The van der Waals surface area contributed by atoms with E-state index in [1.807, 2.05) is 11.4 Å². The van der Waals surface area contributed by atoms with Crippen molar-refractivity contribution in [3.63, 3.8) is 0 Å². The summed E-state index contributed by atoms with van der Waals surface area (Å²) in [6, 6.07) is 16.8. The third-order valence-electron chi connectivity index (χ3n) is 3.24. The predicted octanol–water partition coefficient (Wildman–Crippen LogP) is 4.58. The number of aromatic nitrogens is 2. The first-order valence-electron chi connectivity index (χ1n) is 6.47. The molecule has 0 aliphatic rings. The summed E-state index contributed by atoms with van der Waals surface area (Å²) in [6.07, 6.45) is 0. The van der Waals surface area contributed by atoms with Crippen molar-refractivity contribution < 1.29 is 0 Å². The largest absolute Gasteiger partial charge is 0.368 e. The maximum absolute atomic E-state index is 5.80. The standard InChI is InChI=1S/C16H11N3S2/c17-16-18-14-13(7-8-20-14)15(19-16)21-12-6-5-10-3-1-2-4-11(10)9-12/h1-9H,(H2,17,18,19). The summed E-state index contributed by atoms with van der Waals surface area (Å²) in [6.45, 7) is 0. The molecule has 0 fully saturated rings. The second kappa shape index (κ2) is 5.02. The van der Waals surface area contributed by atoms with E-state index in [4.69, 9.17) is 5.73 Å².